The fraction of sp³-hybridized carbons (Fsp3) is 0.471. The SMILES string of the molecule is CC1NC(N2C=CNC2)CCC1C1Nc2cc(Cl)c(F)cc2C(=O)O1. The lowest BCUT2D eigenvalue weighted by Crippen LogP contribution is -2.57. The maximum Gasteiger partial charge on any atom is 0.342 e. The molecule has 4 rings (SSSR count). The summed E-state index contributed by atoms with van der Waals surface area (Å²) in [6, 6.07) is 2.72. The number of hydrogen-bond acceptors (Lipinski definition) is 6. The van der Waals surface area contributed by atoms with E-state index >= 15 is 0 Å². The molecule has 1 aromatic carbocycles. The minimum Gasteiger partial charge on any atom is -0.438 e. The molecule has 1 aromatic rings. The van der Waals surface area contributed by atoms with Crippen LogP contribution in [0.25, 0.3) is 0 Å². The standard InChI is InChI=1S/C17H20ClFN4O2/c1-9-10(2-3-15(21-9)23-5-4-20-8-23)16-22-14-7-12(18)13(19)6-11(14)17(24)25-16/h4-7,9-10,15-16,20-22H,2-3,8H2,1H3. The van der Waals surface area contributed by atoms with E-state index in [-0.39, 0.29) is 28.7 Å². The molecule has 3 heterocycles. The van der Waals surface area contributed by atoms with E-state index < -0.39 is 18.0 Å². The quantitative estimate of drug-likeness (QED) is 0.699. The summed E-state index contributed by atoms with van der Waals surface area (Å²) in [6.07, 6.45) is 5.61. The van der Waals surface area contributed by atoms with E-state index in [0.717, 1.165) is 25.6 Å². The van der Waals surface area contributed by atoms with Gasteiger partial charge in [-0.25, -0.2) is 9.18 Å². The predicted octanol–water partition coefficient (Wildman–Crippen LogP) is 2.44. The topological polar surface area (TPSA) is 65.6 Å². The number of carbonyl (C=O) groups excluding carboxylic acids is 1. The molecule has 0 aliphatic carbocycles. The van der Waals surface area contributed by atoms with Crippen LogP contribution in [0.15, 0.2) is 24.5 Å². The highest BCUT2D eigenvalue weighted by atomic mass is 35.5. The molecule has 6 nitrogen and oxygen atoms in total. The van der Waals surface area contributed by atoms with Crippen molar-refractivity contribution >= 4 is 23.3 Å². The van der Waals surface area contributed by atoms with Crippen molar-refractivity contribution in [2.24, 2.45) is 5.92 Å². The molecule has 0 aromatic heterocycles. The average molecular weight is 367 g/mol. The second kappa shape index (κ2) is 6.38. The molecule has 3 aliphatic rings. The summed E-state index contributed by atoms with van der Waals surface area (Å²) in [5.41, 5.74) is 0.703. The molecule has 0 bridgehead atoms. The fourth-order valence-corrected chi connectivity index (χ4v) is 3.91. The number of anilines is 1. The molecule has 134 valence electrons. The summed E-state index contributed by atoms with van der Waals surface area (Å²) in [6.45, 7) is 2.88. The molecule has 1 fully saturated rings. The number of ether oxygens (including phenoxy) is 1. The molecular weight excluding hydrogens is 347 g/mol. The van der Waals surface area contributed by atoms with Gasteiger partial charge >= 0.3 is 5.97 Å². The van der Waals surface area contributed by atoms with Gasteiger partial charge < -0.3 is 20.3 Å². The molecule has 1 saturated heterocycles. The van der Waals surface area contributed by atoms with Crippen LogP contribution < -0.4 is 16.0 Å². The zero-order chi connectivity index (χ0) is 17.6. The number of esters is 1. The second-order valence-electron chi connectivity index (χ2n) is 6.69. The Morgan fingerprint density at radius 3 is 2.92 bits per heavy atom. The number of nitrogens with one attached hydrogen (secondary N) is 3. The number of rotatable bonds is 2. The molecule has 4 atom stereocenters. The van der Waals surface area contributed by atoms with E-state index in [2.05, 4.69) is 27.8 Å². The van der Waals surface area contributed by atoms with Gasteiger partial charge in [-0.3, -0.25) is 5.32 Å². The van der Waals surface area contributed by atoms with Crippen LogP contribution in [-0.4, -0.2) is 36.0 Å². The number of carbonyl (C=O) groups is 1. The van der Waals surface area contributed by atoms with Gasteiger partial charge in [-0.05, 0) is 31.9 Å². The first-order valence-electron chi connectivity index (χ1n) is 8.41. The van der Waals surface area contributed by atoms with E-state index in [4.69, 9.17) is 16.3 Å². The zero-order valence-electron chi connectivity index (χ0n) is 13.8. The van der Waals surface area contributed by atoms with Gasteiger partial charge in [-0.2, -0.15) is 0 Å². The molecule has 8 heteroatoms. The summed E-state index contributed by atoms with van der Waals surface area (Å²) in [5, 5.41) is 9.94. The predicted molar refractivity (Wildman–Crippen MR) is 92.3 cm³/mol. The van der Waals surface area contributed by atoms with Gasteiger partial charge in [0.2, 0.25) is 0 Å². The Labute approximate surface area is 150 Å². The first-order chi connectivity index (χ1) is 12.0. The van der Waals surface area contributed by atoms with Gasteiger partial charge in [0, 0.05) is 24.4 Å². The Morgan fingerprint density at radius 1 is 1.36 bits per heavy atom. The number of piperidine rings is 1. The summed E-state index contributed by atoms with van der Waals surface area (Å²) in [5.74, 6) is -1.03. The highest BCUT2D eigenvalue weighted by molar-refractivity contribution is 6.31. The highest BCUT2D eigenvalue weighted by Gasteiger charge is 2.39. The van der Waals surface area contributed by atoms with Crippen LogP contribution in [-0.2, 0) is 4.74 Å². The van der Waals surface area contributed by atoms with Crippen LogP contribution in [0.3, 0.4) is 0 Å². The molecule has 3 N–H and O–H groups in total. The molecule has 25 heavy (non-hydrogen) atoms. The van der Waals surface area contributed by atoms with E-state index in [1.807, 2.05) is 12.4 Å². The molecular formula is C17H20ClFN4O2. The maximum atomic E-state index is 13.6. The maximum absolute atomic E-state index is 13.6. The Hall–Kier alpha value is -1.99. The van der Waals surface area contributed by atoms with E-state index in [1.165, 1.54) is 6.07 Å². The summed E-state index contributed by atoms with van der Waals surface area (Å²) in [7, 11) is 0. The number of cyclic esters (lactones) is 1. The monoisotopic (exact) mass is 366 g/mol. The van der Waals surface area contributed by atoms with Crippen molar-refractivity contribution in [3.63, 3.8) is 0 Å². The van der Waals surface area contributed by atoms with Gasteiger partial charge in [-0.1, -0.05) is 11.6 Å². The van der Waals surface area contributed by atoms with Gasteiger partial charge in [0.1, 0.15) is 5.82 Å². The molecule has 0 saturated carbocycles. The van der Waals surface area contributed by atoms with Crippen LogP contribution in [0.4, 0.5) is 10.1 Å². The van der Waals surface area contributed by atoms with Gasteiger partial charge in [0.05, 0.1) is 29.1 Å². The highest BCUT2D eigenvalue weighted by Crippen LogP contribution is 2.34. The Balaban J connectivity index is 1.48. The summed E-state index contributed by atoms with van der Waals surface area (Å²) < 4.78 is 19.1. The molecule has 0 amide bonds. The van der Waals surface area contributed by atoms with Crippen molar-refractivity contribution in [1.82, 2.24) is 15.5 Å². The average Bonchev–Trinajstić information content (AvgIpc) is 3.11. The Bertz CT molecular complexity index is 729. The Morgan fingerprint density at radius 2 is 2.20 bits per heavy atom. The molecule has 4 unspecified atom stereocenters. The number of hydrogen-bond donors (Lipinski definition) is 3. The van der Waals surface area contributed by atoms with Crippen LogP contribution in [0.1, 0.15) is 30.1 Å². The third-order valence-corrected chi connectivity index (χ3v) is 5.42. The van der Waals surface area contributed by atoms with Crippen LogP contribution >= 0.6 is 11.6 Å². The first kappa shape index (κ1) is 16.5. The number of halogens is 2. The number of nitrogens with zero attached hydrogens (tertiary/aromatic N) is 1. The normalized spacial score (nSPS) is 31.2. The van der Waals surface area contributed by atoms with Crippen molar-refractivity contribution in [1.29, 1.82) is 0 Å². The number of fused-ring (bicyclic) bond motifs is 1. The van der Waals surface area contributed by atoms with Gasteiger partial charge in [0.25, 0.3) is 0 Å². The van der Waals surface area contributed by atoms with E-state index in [9.17, 15) is 9.18 Å². The second-order valence-corrected chi connectivity index (χ2v) is 7.09. The van der Waals surface area contributed by atoms with Gasteiger partial charge in [0.15, 0.2) is 6.23 Å². The van der Waals surface area contributed by atoms with Crippen LogP contribution in [0, 0.1) is 11.7 Å². The van der Waals surface area contributed by atoms with Crippen molar-refractivity contribution in [2.45, 2.75) is 38.2 Å². The lowest BCUT2D eigenvalue weighted by Gasteiger charge is -2.43. The lowest BCUT2D eigenvalue weighted by molar-refractivity contribution is 0.00142. The van der Waals surface area contributed by atoms with Crippen molar-refractivity contribution in [2.75, 3.05) is 12.0 Å². The third-order valence-electron chi connectivity index (χ3n) is 5.13. The molecule has 0 spiro atoms. The molecule has 3 aliphatic heterocycles. The lowest BCUT2D eigenvalue weighted by atomic mass is 9.88. The third kappa shape index (κ3) is 3.02. The van der Waals surface area contributed by atoms with Crippen molar-refractivity contribution in [3.05, 3.63) is 40.9 Å². The van der Waals surface area contributed by atoms with Crippen molar-refractivity contribution < 1.29 is 13.9 Å². The number of benzene rings is 1. The smallest absolute Gasteiger partial charge is 0.342 e. The molecule has 0 radical (unpaired) electrons. The fourth-order valence-electron chi connectivity index (χ4n) is 3.75. The largest absolute Gasteiger partial charge is 0.438 e. The minimum absolute atomic E-state index is 0.0112. The van der Waals surface area contributed by atoms with Crippen LogP contribution in [0.2, 0.25) is 5.02 Å². The first-order valence-corrected chi connectivity index (χ1v) is 8.79. The van der Waals surface area contributed by atoms with E-state index in [0.29, 0.717) is 5.69 Å². The zero-order valence-corrected chi connectivity index (χ0v) is 14.5. The minimum atomic E-state index is -0.625. The Kier molecular flexibility index (Phi) is 4.21. The summed E-state index contributed by atoms with van der Waals surface area (Å²) in [4.78, 5) is 14.5. The summed E-state index contributed by atoms with van der Waals surface area (Å²) >= 11 is 5.85. The van der Waals surface area contributed by atoms with E-state index in [1.54, 1.807) is 0 Å². The van der Waals surface area contributed by atoms with Crippen molar-refractivity contribution in [3.8, 4) is 0 Å². The van der Waals surface area contributed by atoms with Gasteiger partial charge in [-0.15, -0.1) is 0 Å². The van der Waals surface area contributed by atoms with Crippen LogP contribution in [0.5, 0.6) is 0 Å².